The van der Waals surface area contributed by atoms with Crippen LogP contribution in [0.5, 0.6) is 17.2 Å². The van der Waals surface area contributed by atoms with Crippen molar-refractivity contribution in [1.29, 1.82) is 0 Å². The van der Waals surface area contributed by atoms with E-state index in [0.717, 1.165) is 40.0 Å². The van der Waals surface area contributed by atoms with Crippen LogP contribution in [0.25, 0.3) is 0 Å². The lowest BCUT2D eigenvalue weighted by Gasteiger charge is -2.29. The van der Waals surface area contributed by atoms with E-state index >= 15 is 0 Å². The number of fused-ring (bicyclic) bond motifs is 2. The number of carbonyl (C=O) groups is 4. The summed E-state index contributed by atoms with van der Waals surface area (Å²) < 4.78 is 17.7. The van der Waals surface area contributed by atoms with Crippen LogP contribution >= 0.6 is 0 Å². The fraction of sp³-hybridized carbons (Fsp3) is 0.388. The van der Waals surface area contributed by atoms with Gasteiger partial charge in [0.15, 0.2) is 17.6 Å². The van der Waals surface area contributed by atoms with Gasteiger partial charge < -0.3 is 24.8 Å². The Morgan fingerprint density at radius 1 is 0.597 bits per heavy atom. The first kappa shape index (κ1) is 45.0. The average Bonchev–Trinajstić information content (AvgIpc) is 3.71. The summed E-state index contributed by atoms with van der Waals surface area (Å²) in [5.74, 6) is 0.910. The van der Waals surface area contributed by atoms with E-state index in [1.165, 1.54) is 0 Å². The van der Waals surface area contributed by atoms with Gasteiger partial charge in [-0.25, -0.2) is 10.9 Å². The van der Waals surface area contributed by atoms with Crippen molar-refractivity contribution in [3.05, 3.63) is 112 Å². The van der Waals surface area contributed by atoms with Gasteiger partial charge in [-0.3, -0.25) is 19.2 Å². The molecule has 1 atom stereocenters. The molecule has 0 fully saturated rings. The zero-order chi connectivity index (χ0) is 44.5. The summed E-state index contributed by atoms with van der Waals surface area (Å²) >= 11 is 0. The van der Waals surface area contributed by atoms with Gasteiger partial charge >= 0.3 is 0 Å². The number of amides is 4. The molecule has 4 aromatic rings. The third-order valence-corrected chi connectivity index (χ3v) is 10.7. The van der Waals surface area contributed by atoms with E-state index in [9.17, 15) is 19.2 Å². The van der Waals surface area contributed by atoms with Crippen molar-refractivity contribution in [2.45, 2.75) is 111 Å². The summed E-state index contributed by atoms with van der Waals surface area (Å²) in [5, 5.41) is 15.2. The van der Waals surface area contributed by atoms with Crippen LogP contribution in [-0.4, -0.2) is 41.8 Å². The molecule has 4 N–H and O–H groups in total. The quantitative estimate of drug-likeness (QED) is 0.0816. The van der Waals surface area contributed by atoms with Gasteiger partial charge in [-0.2, -0.15) is 10.2 Å². The Kier molecular flexibility index (Phi) is 14.8. The summed E-state index contributed by atoms with van der Waals surface area (Å²) in [7, 11) is 0. The molecule has 0 spiro atoms. The molecule has 13 nitrogen and oxygen atoms in total. The van der Waals surface area contributed by atoms with Crippen molar-refractivity contribution in [2.24, 2.45) is 16.1 Å². The van der Waals surface area contributed by atoms with Gasteiger partial charge in [0.05, 0.1) is 0 Å². The van der Waals surface area contributed by atoms with Crippen molar-refractivity contribution in [3.63, 3.8) is 0 Å². The molecular weight excluding hydrogens is 785 g/mol. The van der Waals surface area contributed by atoms with Gasteiger partial charge in [-0.1, -0.05) is 110 Å². The molecule has 0 saturated heterocycles. The summed E-state index contributed by atoms with van der Waals surface area (Å²) in [4.78, 5) is 53.4. The summed E-state index contributed by atoms with van der Waals surface area (Å²) in [6.07, 6.45) is -0.552. The number of hydrazone groups is 2. The predicted molar refractivity (Wildman–Crippen MR) is 242 cm³/mol. The number of carbonyl (C=O) groups excluding carboxylic acids is 4. The number of hydrogen-bond acceptors (Lipinski definition) is 9. The Hall–Kier alpha value is -6.50. The smallest absolute Gasteiger partial charge is 0.240 e. The Morgan fingerprint density at radius 3 is 1.77 bits per heavy atom. The molecule has 2 heterocycles. The number of rotatable bonds is 16. The zero-order valence-corrected chi connectivity index (χ0v) is 36.9. The summed E-state index contributed by atoms with van der Waals surface area (Å²) in [6.45, 7) is 16.8. The molecule has 6 rings (SSSR count). The molecule has 326 valence electrons. The molecule has 13 heteroatoms. The van der Waals surface area contributed by atoms with E-state index in [4.69, 9.17) is 14.2 Å². The fourth-order valence-electron chi connectivity index (χ4n) is 7.51. The lowest BCUT2D eigenvalue weighted by molar-refractivity contribution is -0.124. The Balaban J connectivity index is 1.21. The number of para-hydroxylation sites is 3. The normalized spacial score (nSPS) is 15.5. The highest BCUT2D eigenvalue weighted by molar-refractivity contribution is 6.51. The van der Waals surface area contributed by atoms with Crippen LogP contribution in [0.15, 0.2) is 89.1 Å². The average molecular weight is 843 g/mol. The first-order chi connectivity index (χ1) is 29.7. The number of benzene rings is 4. The lowest BCUT2D eigenvalue weighted by atomic mass is 9.92. The highest BCUT2D eigenvalue weighted by Gasteiger charge is 2.35. The summed E-state index contributed by atoms with van der Waals surface area (Å²) in [6, 6.07) is 24.5. The van der Waals surface area contributed by atoms with Crippen LogP contribution in [0.4, 0.5) is 11.4 Å². The second-order valence-corrected chi connectivity index (χ2v) is 17.0. The van der Waals surface area contributed by atoms with Crippen molar-refractivity contribution in [2.75, 3.05) is 17.4 Å². The molecule has 2 aliphatic heterocycles. The van der Waals surface area contributed by atoms with Crippen LogP contribution in [-0.2, 0) is 25.6 Å². The molecule has 0 bridgehead atoms. The molecule has 1 unspecified atom stereocenters. The van der Waals surface area contributed by atoms with E-state index in [0.29, 0.717) is 34.3 Å². The Morgan fingerprint density at radius 2 is 1.15 bits per heavy atom. The van der Waals surface area contributed by atoms with E-state index < -0.39 is 17.9 Å². The van der Waals surface area contributed by atoms with Crippen molar-refractivity contribution in [1.82, 2.24) is 10.9 Å². The van der Waals surface area contributed by atoms with Crippen LogP contribution in [0.2, 0.25) is 0 Å². The van der Waals surface area contributed by atoms with E-state index in [1.54, 1.807) is 36.4 Å². The SMILES string of the molecule is CC(C)Cc1cccc(C(C)C)c1NC(=O)CCC(=O)N/N=C1\C(=N\NC(=O)CCC(=O)Nc2c(C(C)C)cccc2C(C)C)C(c2ccc3c(c2)OCO3)Oc2ccccc21. The van der Waals surface area contributed by atoms with Crippen molar-refractivity contribution < 1.29 is 33.4 Å². The molecule has 62 heavy (non-hydrogen) atoms. The number of ether oxygens (including phenoxy) is 3. The van der Waals surface area contributed by atoms with Gasteiger partial charge in [0.1, 0.15) is 17.2 Å². The zero-order valence-electron chi connectivity index (χ0n) is 36.9. The monoisotopic (exact) mass is 842 g/mol. The summed E-state index contributed by atoms with van der Waals surface area (Å²) in [5.41, 5.74) is 12.5. The maximum Gasteiger partial charge on any atom is 0.240 e. The van der Waals surface area contributed by atoms with Gasteiger partial charge in [-0.05, 0) is 76.6 Å². The molecule has 0 radical (unpaired) electrons. The highest BCUT2D eigenvalue weighted by atomic mass is 16.7. The third-order valence-electron chi connectivity index (χ3n) is 10.7. The topological polar surface area (TPSA) is 169 Å². The maximum atomic E-state index is 13.4. The first-order valence-corrected chi connectivity index (χ1v) is 21.4. The number of nitrogens with zero attached hydrogens (tertiary/aromatic N) is 2. The second-order valence-electron chi connectivity index (χ2n) is 17.0. The minimum absolute atomic E-state index is 0.0691. The van der Waals surface area contributed by atoms with Crippen molar-refractivity contribution in [3.8, 4) is 17.2 Å². The minimum atomic E-state index is -0.910. The molecular formula is C49H58N6O7. The fourth-order valence-corrected chi connectivity index (χ4v) is 7.51. The number of anilines is 2. The largest absolute Gasteiger partial charge is 0.478 e. The molecule has 2 aliphatic rings. The predicted octanol–water partition coefficient (Wildman–Crippen LogP) is 9.25. The minimum Gasteiger partial charge on any atom is -0.478 e. The molecule has 0 aliphatic carbocycles. The van der Waals surface area contributed by atoms with E-state index in [-0.39, 0.29) is 73.5 Å². The van der Waals surface area contributed by atoms with Crippen LogP contribution in [0.3, 0.4) is 0 Å². The van der Waals surface area contributed by atoms with Gasteiger partial charge in [0.25, 0.3) is 0 Å². The maximum absolute atomic E-state index is 13.4. The lowest BCUT2D eigenvalue weighted by Crippen LogP contribution is -2.37. The molecule has 0 saturated carbocycles. The van der Waals surface area contributed by atoms with Gasteiger partial charge in [0.2, 0.25) is 30.4 Å². The molecule has 4 amide bonds. The Labute approximate surface area is 364 Å². The Bertz CT molecular complexity index is 2340. The third kappa shape index (κ3) is 11.1. The van der Waals surface area contributed by atoms with Crippen LogP contribution in [0, 0.1) is 5.92 Å². The second kappa shape index (κ2) is 20.4. The standard InChI is InChI=1S/C49H58N6O7/c1-28(2)25-32-13-11-15-34(29(3)4)45(32)50-41(56)21-23-43(58)52-54-47-37-14-9-10-18-38(37)62-49(33-19-20-39-40(26-33)61-27-60-39)48(47)55-53-44(59)24-22-42(57)51-46-35(30(5)6)16-12-17-36(46)31(7)8/h9-20,26,28-31,49H,21-25,27H2,1-8H3,(H,50,56)(H,51,57)(H,52,58)(H,53,59)/b54-47-,55-48-. The van der Waals surface area contributed by atoms with Gasteiger partial charge in [-0.15, -0.1) is 0 Å². The highest BCUT2D eigenvalue weighted by Crippen LogP contribution is 2.39. The van der Waals surface area contributed by atoms with Crippen LogP contribution in [0.1, 0.15) is 138 Å². The van der Waals surface area contributed by atoms with Crippen molar-refractivity contribution >= 4 is 46.4 Å². The first-order valence-electron chi connectivity index (χ1n) is 21.4. The molecule has 4 aromatic carbocycles. The number of nitrogens with one attached hydrogen (secondary N) is 4. The number of hydrogen-bond donors (Lipinski definition) is 4. The van der Waals surface area contributed by atoms with E-state index in [2.05, 4.69) is 87.1 Å². The van der Waals surface area contributed by atoms with Crippen LogP contribution < -0.4 is 35.7 Å². The van der Waals surface area contributed by atoms with E-state index in [1.807, 2.05) is 42.5 Å². The van der Waals surface area contributed by atoms with Gasteiger partial charge in [0, 0.05) is 48.2 Å². The molecule has 0 aromatic heterocycles.